The number of rotatable bonds is 3. The molecule has 1 fully saturated rings. The topological polar surface area (TPSA) is 84.6 Å². The van der Waals surface area contributed by atoms with Crippen molar-refractivity contribution >= 4 is 28.0 Å². The highest BCUT2D eigenvalue weighted by molar-refractivity contribution is 9.10. The third-order valence-electron chi connectivity index (χ3n) is 4.01. The van der Waals surface area contributed by atoms with Gasteiger partial charge >= 0.3 is 12.1 Å². The Balaban J connectivity index is 2.29. The molecule has 2 heterocycles. The van der Waals surface area contributed by atoms with Gasteiger partial charge in [0.2, 0.25) is 0 Å². The number of hydrogen-bond donors (Lipinski definition) is 0. The third-order valence-corrected chi connectivity index (χ3v) is 4.61. The summed E-state index contributed by atoms with van der Waals surface area (Å²) in [5.41, 5.74) is -0.0972. The number of piperidine rings is 1. The van der Waals surface area contributed by atoms with Crippen molar-refractivity contribution in [2.24, 2.45) is 0 Å². The highest BCUT2D eigenvalue weighted by Crippen LogP contribution is 2.31. The van der Waals surface area contributed by atoms with Crippen molar-refractivity contribution in [3.63, 3.8) is 0 Å². The van der Waals surface area contributed by atoms with Crippen molar-refractivity contribution in [1.29, 1.82) is 5.26 Å². The van der Waals surface area contributed by atoms with Gasteiger partial charge < -0.3 is 18.9 Å². The van der Waals surface area contributed by atoms with Gasteiger partial charge in [0, 0.05) is 19.3 Å². The second-order valence-corrected chi connectivity index (χ2v) is 8.02. The maximum absolute atomic E-state index is 12.4. The molecule has 1 amide bonds. The molecule has 0 aromatic carbocycles. The van der Waals surface area contributed by atoms with Crippen LogP contribution in [0.4, 0.5) is 4.79 Å². The molecule has 142 valence electrons. The summed E-state index contributed by atoms with van der Waals surface area (Å²) in [4.78, 5) is 26.4. The highest BCUT2D eigenvalue weighted by Gasteiger charge is 2.32. The smallest absolute Gasteiger partial charge is 0.410 e. The van der Waals surface area contributed by atoms with Gasteiger partial charge in [-0.1, -0.05) is 0 Å². The maximum atomic E-state index is 12.4. The first kappa shape index (κ1) is 20.3. The molecule has 7 nitrogen and oxygen atoms in total. The predicted molar refractivity (Wildman–Crippen MR) is 98.9 cm³/mol. The van der Waals surface area contributed by atoms with Gasteiger partial charge in [0.1, 0.15) is 17.4 Å². The Bertz CT molecular complexity index is 730. The standard InChI is InChI=1S/C18H24BrN3O4/c1-5-25-16(23)15-13(9-20)14(19)11-22(15)12-7-6-8-21(10-12)17(24)26-18(2,3)4/h11-12H,5-8,10H2,1-4H3. The molecular weight excluding hydrogens is 402 g/mol. The SMILES string of the molecule is CCOC(=O)c1c(C#N)c(Br)cn1C1CCCN(C(=O)OC(C)(C)C)C1. The number of carbonyl (C=O) groups excluding carboxylic acids is 2. The molecular formula is C18H24BrN3O4. The van der Waals surface area contributed by atoms with E-state index in [0.29, 0.717) is 17.6 Å². The molecule has 0 saturated carbocycles. The fourth-order valence-electron chi connectivity index (χ4n) is 2.97. The minimum atomic E-state index is -0.565. The summed E-state index contributed by atoms with van der Waals surface area (Å²) in [5.74, 6) is -0.538. The van der Waals surface area contributed by atoms with Crippen LogP contribution in [-0.2, 0) is 9.47 Å². The van der Waals surface area contributed by atoms with Crippen LogP contribution in [0.5, 0.6) is 0 Å². The molecule has 1 atom stereocenters. The normalized spacial score (nSPS) is 17.5. The maximum Gasteiger partial charge on any atom is 0.410 e. The van der Waals surface area contributed by atoms with Crippen LogP contribution in [0.25, 0.3) is 0 Å². The van der Waals surface area contributed by atoms with E-state index >= 15 is 0 Å². The number of aromatic nitrogens is 1. The zero-order valence-electron chi connectivity index (χ0n) is 15.5. The van der Waals surface area contributed by atoms with Gasteiger partial charge in [-0.05, 0) is 56.5 Å². The van der Waals surface area contributed by atoms with Gasteiger partial charge in [-0.25, -0.2) is 9.59 Å². The van der Waals surface area contributed by atoms with Crippen LogP contribution in [0.2, 0.25) is 0 Å². The lowest BCUT2D eigenvalue weighted by atomic mass is 10.1. The number of hydrogen-bond acceptors (Lipinski definition) is 5. The van der Waals surface area contributed by atoms with Crippen LogP contribution < -0.4 is 0 Å². The molecule has 0 spiro atoms. The molecule has 1 aliphatic rings. The Labute approximate surface area is 162 Å². The first-order valence-corrected chi connectivity index (χ1v) is 9.42. The fraction of sp³-hybridized carbons (Fsp3) is 0.611. The van der Waals surface area contributed by atoms with Crippen LogP contribution in [0.15, 0.2) is 10.7 Å². The summed E-state index contributed by atoms with van der Waals surface area (Å²) in [6.07, 6.45) is 2.92. The van der Waals surface area contributed by atoms with E-state index in [9.17, 15) is 14.9 Å². The summed E-state index contributed by atoms with van der Waals surface area (Å²) < 4.78 is 12.9. The quantitative estimate of drug-likeness (QED) is 0.686. The van der Waals surface area contributed by atoms with Crippen LogP contribution in [-0.4, -0.2) is 46.8 Å². The molecule has 26 heavy (non-hydrogen) atoms. The van der Waals surface area contributed by atoms with Gasteiger partial charge in [-0.2, -0.15) is 5.26 Å². The molecule has 0 bridgehead atoms. The van der Waals surface area contributed by atoms with Crippen LogP contribution in [0.1, 0.15) is 62.6 Å². The Morgan fingerprint density at radius 1 is 1.42 bits per heavy atom. The summed E-state index contributed by atoms with van der Waals surface area (Å²) >= 11 is 3.34. The number of esters is 1. The second kappa shape index (κ2) is 8.12. The van der Waals surface area contributed by atoms with E-state index in [1.165, 1.54) is 0 Å². The van der Waals surface area contributed by atoms with Crippen LogP contribution in [0, 0.1) is 11.3 Å². The average Bonchev–Trinajstić information content (AvgIpc) is 2.90. The number of likely N-dealkylation sites (tertiary alicyclic amines) is 1. The Morgan fingerprint density at radius 2 is 2.12 bits per heavy atom. The number of nitrogens with zero attached hydrogens (tertiary/aromatic N) is 3. The van der Waals surface area contributed by atoms with Gasteiger partial charge in [0.15, 0.2) is 0 Å². The molecule has 8 heteroatoms. The molecule has 0 N–H and O–H groups in total. The number of halogens is 1. The molecule has 0 aliphatic carbocycles. The first-order valence-electron chi connectivity index (χ1n) is 8.63. The van der Waals surface area contributed by atoms with Crippen molar-refractivity contribution in [2.75, 3.05) is 19.7 Å². The van der Waals surface area contributed by atoms with E-state index in [0.717, 1.165) is 12.8 Å². The van der Waals surface area contributed by atoms with Crippen LogP contribution >= 0.6 is 15.9 Å². The average molecular weight is 426 g/mol. The van der Waals surface area contributed by atoms with Crippen molar-refractivity contribution in [2.45, 2.75) is 52.2 Å². The largest absolute Gasteiger partial charge is 0.461 e. The summed E-state index contributed by atoms with van der Waals surface area (Å²) in [6, 6.07) is 1.92. The van der Waals surface area contributed by atoms with Crippen LogP contribution in [0.3, 0.4) is 0 Å². The Hall–Kier alpha value is -2.01. The van der Waals surface area contributed by atoms with E-state index in [1.54, 1.807) is 22.6 Å². The van der Waals surface area contributed by atoms with Gasteiger partial charge in [-0.15, -0.1) is 0 Å². The van der Waals surface area contributed by atoms with Gasteiger partial charge in [0.25, 0.3) is 0 Å². The predicted octanol–water partition coefficient (Wildman–Crippen LogP) is 3.87. The molecule has 1 aliphatic heterocycles. The second-order valence-electron chi connectivity index (χ2n) is 7.16. The van der Waals surface area contributed by atoms with Crippen molar-refractivity contribution in [3.8, 4) is 6.07 Å². The lowest BCUT2D eigenvalue weighted by Crippen LogP contribution is -2.43. The molecule has 1 aromatic heterocycles. The summed E-state index contributed by atoms with van der Waals surface area (Å²) in [7, 11) is 0. The van der Waals surface area contributed by atoms with Crippen molar-refractivity contribution in [1.82, 2.24) is 9.47 Å². The van der Waals surface area contributed by atoms with E-state index in [1.807, 2.05) is 20.8 Å². The zero-order valence-corrected chi connectivity index (χ0v) is 17.1. The summed E-state index contributed by atoms with van der Waals surface area (Å²) in [5, 5.41) is 9.41. The molecule has 0 radical (unpaired) electrons. The molecule has 1 saturated heterocycles. The lowest BCUT2D eigenvalue weighted by Gasteiger charge is -2.35. The minimum Gasteiger partial charge on any atom is -0.461 e. The van der Waals surface area contributed by atoms with Gasteiger partial charge in [-0.3, -0.25) is 0 Å². The van der Waals surface area contributed by atoms with E-state index in [2.05, 4.69) is 22.0 Å². The highest BCUT2D eigenvalue weighted by atomic mass is 79.9. The Kier molecular flexibility index (Phi) is 6.34. The zero-order chi connectivity index (χ0) is 19.5. The molecule has 2 rings (SSSR count). The number of amides is 1. The van der Waals surface area contributed by atoms with E-state index in [-0.39, 0.29) is 30.0 Å². The van der Waals surface area contributed by atoms with Crippen molar-refractivity contribution in [3.05, 3.63) is 21.9 Å². The van der Waals surface area contributed by atoms with E-state index in [4.69, 9.17) is 9.47 Å². The lowest BCUT2D eigenvalue weighted by molar-refractivity contribution is 0.0171. The minimum absolute atomic E-state index is 0.130. The number of carbonyl (C=O) groups is 2. The monoisotopic (exact) mass is 425 g/mol. The number of ether oxygens (including phenoxy) is 2. The van der Waals surface area contributed by atoms with Crippen molar-refractivity contribution < 1.29 is 19.1 Å². The van der Waals surface area contributed by atoms with E-state index < -0.39 is 11.6 Å². The first-order chi connectivity index (χ1) is 12.2. The third kappa shape index (κ3) is 4.58. The molecule has 1 aromatic rings. The fourth-order valence-corrected chi connectivity index (χ4v) is 3.47. The number of nitriles is 1. The summed E-state index contributed by atoms with van der Waals surface area (Å²) in [6.45, 7) is 8.44. The van der Waals surface area contributed by atoms with Gasteiger partial charge in [0.05, 0.1) is 22.7 Å². The Morgan fingerprint density at radius 3 is 2.69 bits per heavy atom. The molecule has 1 unspecified atom stereocenters.